The number of ether oxygens (including phenoxy) is 1. The van der Waals surface area contributed by atoms with Crippen LogP contribution in [0.1, 0.15) is 17.7 Å². The van der Waals surface area contributed by atoms with Gasteiger partial charge in [0.25, 0.3) is 6.43 Å². The first kappa shape index (κ1) is 13.4. The van der Waals surface area contributed by atoms with Crippen molar-refractivity contribution in [3.05, 3.63) is 17.5 Å². The van der Waals surface area contributed by atoms with E-state index in [9.17, 15) is 27.1 Å². The molecule has 1 aromatic rings. The lowest BCUT2D eigenvalue weighted by Crippen LogP contribution is -2.19. The van der Waals surface area contributed by atoms with Crippen LogP contribution in [0.25, 0.3) is 0 Å². The van der Waals surface area contributed by atoms with Gasteiger partial charge in [-0.2, -0.15) is 0 Å². The summed E-state index contributed by atoms with van der Waals surface area (Å²) in [6.45, 7) is -0.391. The minimum Gasteiger partial charge on any atom is -0.505 e. The molecule has 0 saturated carbocycles. The maximum absolute atomic E-state index is 12.5. The number of halogens is 5. The van der Waals surface area contributed by atoms with E-state index in [0.717, 1.165) is 0 Å². The van der Waals surface area contributed by atoms with E-state index in [2.05, 4.69) is 9.72 Å². The van der Waals surface area contributed by atoms with Gasteiger partial charge in [0.2, 0.25) is 0 Å². The van der Waals surface area contributed by atoms with Crippen LogP contribution in [-0.2, 0) is 6.54 Å². The summed E-state index contributed by atoms with van der Waals surface area (Å²) in [7, 11) is 0. The molecule has 0 atom stereocenters. The van der Waals surface area contributed by atoms with Crippen molar-refractivity contribution in [1.29, 1.82) is 0 Å². The topological polar surface area (TPSA) is 68.4 Å². The smallest absolute Gasteiger partial charge is 0.505 e. The summed E-state index contributed by atoms with van der Waals surface area (Å²) in [4.78, 5) is 3.29. The van der Waals surface area contributed by atoms with Gasteiger partial charge in [0.1, 0.15) is 5.56 Å². The van der Waals surface area contributed by atoms with Gasteiger partial charge in [-0.3, -0.25) is 4.98 Å². The van der Waals surface area contributed by atoms with E-state index in [4.69, 9.17) is 5.73 Å². The number of hydrogen-bond acceptors (Lipinski definition) is 4. The number of nitrogens with two attached hydrogens (primary N) is 1. The van der Waals surface area contributed by atoms with Gasteiger partial charge in [-0.1, -0.05) is 0 Å². The molecule has 0 aliphatic rings. The Bertz CT molecular complexity index is 408. The van der Waals surface area contributed by atoms with Crippen LogP contribution in [0.5, 0.6) is 11.5 Å². The molecule has 3 N–H and O–H groups in total. The lowest BCUT2D eigenvalue weighted by molar-refractivity contribution is -0.275. The fourth-order valence-corrected chi connectivity index (χ4v) is 1.11. The van der Waals surface area contributed by atoms with E-state index >= 15 is 0 Å². The zero-order valence-electron chi connectivity index (χ0n) is 8.13. The van der Waals surface area contributed by atoms with E-state index < -0.39 is 36.4 Å². The number of pyridine rings is 1. The molecule has 0 aliphatic heterocycles. The Labute approximate surface area is 91.8 Å². The van der Waals surface area contributed by atoms with Crippen LogP contribution in [0.2, 0.25) is 0 Å². The van der Waals surface area contributed by atoms with Gasteiger partial charge in [0.15, 0.2) is 11.5 Å². The highest BCUT2D eigenvalue weighted by Crippen LogP contribution is 2.39. The summed E-state index contributed by atoms with van der Waals surface area (Å²) in [6.07, 6.45) is -8.06. The molecule has 17 heavy (non-hydrogen) atoms. The number of hydrogen-bond donors (Lipinski definition) is 2. The van der Waals surface area contributed by atoms with Crippen molar-refractivity contribution >= 4 is 0 Å². The molecule has 0 aliphatic carbocycles. The summed E-state index contributed by atoms with van der Waals surface area (Å²) in [5, 5.41) is 9.27. The average molecular weight is 258 g/mol. The summed E-state index contributed by atoms with van der Waals surface area (Å²) in [5.41, 5.74) is 3.45. The van der Waals surface area contributed by atoms with Gasteiger partial charge in [-0.15, -0.1) is 13.2 Å². The maximum atomic E-state index is 12.5. The molecule has 1 aromatic heterocycles. The molecule has 96 valence electrons. The molecule has 9 heteroatoms. The van der Waals surface area contributed by atoms with E-state index in [1.54, 1.807) is 0 Å². The molecule has 4 nitrogen and oxygen atoms in total. The number of aromatic nitrogens is 1. The Morgan fingerprint density at radius 1 is 1.41 bits per heavy atom. The van der Waals surface area contributed by atoms with Gasteiger partial charge >= 0.3 is 6.36 Å². The van der Waals surface area contributed by atoms with Crippen molar-refractivity contribution in [2.75, 3.05) is 0 Å². The van der Waals surface area contributed by atoms with Gasteiger partial charge in [0.05, 0.1) is 11.9 Å². The predicted octanol–water partition coefficient (Wildman–Crippen LogP) is 2.08. The van der Waals surface area contributed by atoms with Crippen molar-refractivity contribution in [2.24, 2.45) is 5.73 Å². The third-order valence-electron chi connectivity index (χ3n) is 1.77. The predicted molar refractivity (Wildman–Crippen MR) is 45.4 cm³/mol. The first-order chi connectivity index (χ1) is 7.76. The number of alkyl halides is 5. The second kappa shape index (κ2) is 4.70. The normalized spacial score (nSPS) is 11.9. The van der Waals surface area contributed by atoms with Gasteiger partial charge in [0, 0.05) is 6.54 Å². The molecular formula is C8H7F5N2O2. The SMILES string of the molecule is NCc1ncc(OC(F)(F)F)c(C(F)F)c1O. The average Bonchev–Trinajstić information content (AvgIpc) is 2.14. The van der Waals surface area contributed by atoms with E-state index in [0.29, 0.717) is 6.20 Å². The molecule has 0 fully saturated rings. The van der Waals surface area contributed by atoms with Gasteiger partial charge < -0.3 is 15.6 Å². The van der Waals surface area contributed by atoms with Crippen molar-refractivity contribution in [1.82, 2.24) is 4.98 Å². The van der Waals surface area contributed by atoms with Crippen LogP contribution >= 0.6 is 0 Å². The minimum absolute atomic E-state index is 0.338. The molecule has 0 bridgehead atoms. The second-order valence-electron chi connectivity index (χ2n) is 2.88. The zero-order valence-corrected chi connectivity index (χ0v) is 8.13. The quantitative estimate of drug-likeness (QED) is 0.814. The molecule has 0 spiro atoms. The third-order valence-corrected chi connectivity index (χ3v) is 1.77. The zero-order chi connectivity index (χ0) is 13.2. The lowest BCUT2D eigenvalue weighted by Gasteiger charge is -2.14. The number of rotatable bonds is 3. The van der Waals surface area contributed by atoms with Crippen LogP contribution in [0.4, 0.5) is 22.0 Å². The van der Waals surface area contributed by atoms with Gasteiger partial charge in [-0.25, -0.2) is 8.78 Å². The highest BCUT2D eigenvalue weighted by Gasteiger charge is 2.35. The first-order valence-corrected chi connectivity index (χ1v) is 4.21. The summed E-state index contributed by atoms with van der Waals surface area (Å²) < 4.78 is 64.0. The van der Waals surface area contributed by atoms with Gasteiger partial charge in [-0.05, 0) is 0 Å². The van der Waals surface area contributed by atoms with Crippen LogP contribution in [0.15, 0.2) is 6.20 Å². The first-order valence-electron chi connectivity index (χ1n) is 4.21. The van der Waals surface area contributed by atoms with E-state index in [-0.39, 0.29) is 5.69 Å². The monoisotopic (exact) mass is 258 g/mol. The minimum atomic E-state index is -5.15. The fourth-order valence-electron chi connectivity index (χ4n) is 1.11. The Hall–Kier alpha value is -1.64. The third kappa shape index (κ3) is 3.16. The Kier molecular flexibility index (Phi) is 3.71. The molecule has 0 unspecified atom stereocenters. The summed E-state index contributed by atoms with van der Waals surface area (Å²) in [6, 6.07) is 0. The maximum Gasteiger partial charge on any atom is 0.573 e. The van der Waals surface area contributed by atoms with Crippen molar-refractivity contribution in [3.63, 3.8) is 0 Å². The van der Waals surface area contributed by atoms with Crippen molar-refractivity contribution < 1.29 is 31.8 Å². The largest absolute Gasteiger partial charge is 0.573 e. The molecule has 0 saturated heterocycles. The Balaban J connectivity index is 3.27. The number of aromatic hydroxyl groups is 1. The lowest BCUT2D eigenvalue weighted by atomic mass is 10.2. The van der Waals surface area contributed by atoms with Crippen molar-refractivity contribution in [3.8, 4) is 11.5 Å². The van der Waals surface area contributed by atoms with E-state index in [1.165, 1.54) is 0 Å². The highest BCUT2D eigenvalue weighted by molar-refractivity contribution is 5.46. The molecular weight excluding hydrogens is 251 g/mol. The summed E-state index contributed by atoms with van der Waals surface area (Å²) >= 11 is 0. The molecule has 1 heterocycles. The standard InChI is InChI=1S/C8H7F5N2O2/c9-7(10)5-4(17-8(11,12)13)2-15-3(1-14)6(5)16/h2,7,16H,1,14H2. The number of nitrogens with zero attached hydrogens (tertiary/aromatic N) is 1. The molecule has 1 rings (SSSR count). The van der Waals surface area contributed by atoms with E-state index in [1.807, 2.05) is 0 Å². The molecule has 0 amide bonds. The van der Waals surface area contributed by atoms with Crippen LogP contribution in [0.3, 0.4) is 0 Å². The molecule has 0 aromatic carbocycles. The Morgan fingerprint density at radius 3 is 2.41 bits per heavy atom. The summed E-state index contributed by atoms with van der Waals surface area (Å²) in [5.74, 6) is -2.34. The Morgan fingerprint density at radius 2 is 2.00 bits per heavy atom. The molecule has 0 radical (unpaired) electrons. The fraction of sp³-hybridized carbons (Fsp3) is 0.375. The second-order valence-corrected chi connectivity index (χ2v) is 2.88. The van der Waals surface area contributed by atoms with Crippen LogP contribution < -0.4 is 10.5 Å². The van der Waals surface area contributed by atoms with Crippen LogP contribution in [-0.4, -0.2) is 16.5 Å². The van der Waals surface area contributed by atoms with Crippen molar-refractivity contribution in [2.45, 2.75) is 19.3 Å². The highest BCUT2D eigenvalue weighted by atomic mass is 19.4. The van der Waals surface area contributed by atoms with Crippen LogP contribution in [0, 0.1) is 0 Å².